The predicted octanol–water partition coefficient (Wildman–Crippen LogP) is 3.97. The van der Waals surface area contributed by atoms with Crippen LogP contribution in [0, 0.1) is 15.2 Å². The molecular formula is C14H9F2IN2. The second kappa shape index (κ2) is 4.88. The van der Waals surface area contributed by atoms with E-state index < -0.39 is 0 Å². The van der Waals surface area contributed by atoms with Crippen molar-refractivity contribution in [2.45, 2.75) is 6.54 Å². The summed E-state index contributed by atoms with van der Waals surface area (Å²) in [5.74, 6) is -0.615. The first-order valence-corrected chi connectivity index (χ1v) is 6.76. The Morgan fingerprint density at radius 2 is 2.00 bits per heavy atom. The van der Waals surface area contributed by atoms with Gasteiger partial charge in [0.05, 0.1) is 12.7 Å². The zero-order chi connectivity index (χ0) is 13.4. The molecule has 3 rings (SSSR count). The van der Waals surface area contributed by atoms with Crippen LogP contribution in [0.25, 0.3) is 11.0 Å². The molecule has 5 heteroatoms. The summed E-state index contributed by atoms with van der Waals surface area (Å²) in [4.78, 5) is 4.09. The van der Waals surface area contributed by atoms with Gasteiger partial charge in [-0.1, -0.05) is 18.2 Å². The first-order valence-electron chi connectivity index (χ1n) is 5.68. The molecular weight excluding hydrogens is 361 g/mol. The fourth-order valence-corrected chi connectivity index (χ4v) is 2.77. The van der Waals surface area contributed by atoms with Crippen LogP contribution in [0.5, 0.6) is 0 Å². The second-order valence-electron chi connectivity index (χ2n) is 4.22. The van der Waals surface area contributed by atoms with Crippen molar-refractivity contribution < 1.29 is 8.78 Å². The van der Waals surface area contributed by atoms with E-state index >= 15 is 0 Å². The molecule has 0 N–H and O–H groups in total. The van der Waals surface area contributed by atoms with E-state index in [-0.39, 0.29) is 11.6 Å². The molecule has 0 bridgehead atoms. The minimum atomic E-state index is -0.367. The van der Waals surface area contributed by atoms with E-state index in [4.69, 9.17) is 0 Å². The van der Waals surface area contributed by atoms with E-state index in [0.29, 0.717) is 17.8 Å². The van der Waals surface area contributed by atoms with Crippen molar-refractivity contribution in [3.05, 3.63) is 63.5 Å². The Morgan fingerprint density at radius 1 is 1.21 bits per heavy atom. The highest BCUT2D eigenvalue weighted by atomic mass is 127. The van der Waals surface area contributed by atoms with Gasteiger partial charge in [-0.15, -0.1) is 0 Å². The molecule has 0 aliphatic carbocycles. The normalized spacial score (nSPS) is 11.1. The number of fused-ring (bicyclic) bond motifs is 1. The lowest BCUT2D eigenvalue weighted by atomic mass is 10.2. The van der Waals surface area contributed by atoms with Crippen LogP contribution in [0.1, 0.15) is 5.56 Å². The summed E-state index contributed by atoms with van der Waals surface area (Å²) < 4.78 is 29.6. The zero-order valence-electron chi connectivity index (χ0n) is 9.78. The van der Waals surface area contributed by atoms with Crippen LogP contribution in [0.3, 0.4) is 0 Å². The fourth-order valence-electron chi connectivity index (χ4n) is 2.03. The number of nitrogens with zero attached hydrogens (tertiary/aromatic N) is 2. The highest BCUT2D eigenvalue weighted by Gasteiger charge is 2.10. The topological polar surface area (TPSA) is 17.8 Å². The van der Waals surface area contributed by atoms with Crippen LogP contribution < -0.4 is 0 Å². The molecule has 96 valence electrons. The van der Waals surface area contributed by atoms with Gasteiger partial charge in [-0.3, -0.25) is 0 Å². The number of hydrogen-bond donors (Lipinski definition) is 0. The molecule has 1 aromatic carbocycles. The van der Waals surface area contributed by atoms with Crippen molar-refractivity contribution in [3.8, 4) is 0 Å². The zero-order valence-corrected chi connectivity index (χ0v) is 11.9. The summed E-state index contributed by atoms with van der Waals surface area (Å²) in [5, 5.41) is 0.747. The lowest BCUT2D eigenvalue weighted by Gasteiger charge is -2.05. The molecule has 0 spiro atoms. The van der Waals surface area contributed by atoms with Crippen molar-refractivity contribution >= 4 is 33.6 Å². The molecule has 2 nitrogen and oxygen atoms in total. The highest BCUT2D eigenvalue weighted by molar-refractivity contribution is 14.1. The van der Waals surface area contributed by atoms with E-state index in [1.165, 1.54) is 18.3 Å². The van der Waals surface area contributed by atoms with Gasteiger partial charge in [0.15, 0.2) is 0 Å². The molecule has 0 fully saturated rings. The highest BCUT2D eigenvalue weighted by Crippen LogP contribution is 2.23. The van der Waals surface area contributed by atoms with Crippen molar-refractivity contribution in [2.75, 3.05) is 0 Å². The van der Waals surface area contributed by atoms with Gasteiger partial charge < -0.3 is 4.57 Å². The van der Waals surface area contributed by atoms with Gasteiger partial charge >= 0.3 is 0 Å². The molecule has 0 radical (unpaired) electrons. The van der Waals surface area contributed by atoms with Crippen LogP contribution >= 0.6 is 22.6 Å². The SMILES string of the molecule is Fc1cnc2c(c1)c(I)cn2Cc1ccccc1F. The van der Waals surface area contributed by atoms with E-state index in [2.05, 4.69) is 27.6 Å². The number of benzene rings is 1. The molecule has 0 saturated heterocycles. The standard InChI is InChI=1S/C14H9F2IN2/c15-10-5-11-13(17)8-19(14(11)18-6-10)7-9-3-1-2-4-12(9)16/h1-6,8H,7H2. The second-order valence-corrected chi connectivity index (χ2v) is 5.38. The van der Waals surface area contributed by atoms with Gasteiger partial charge in [-0.2, -0.15) is 0 Å². The maximum Gasteiger partial charge on any atom is 0.142 e. The third-order valence-corrected chi connectivity index (χ3v) is 3.79. The number of aromatic nitrogens is 2. The molecule has 0 amide bonds. The number of hydrogen-bond acceptors (Lipinski definition) is 1. The van der Waals surface area contributed by atoms with Gasteiger partial charge in [0.25, 0.3) is 0 Å². The Bertz CT molecular complexity index is 752. The molecule has 0 aliphatic heterocycles. The summed E-state index contributed by atoms with van der Waals surface area (Å²) in [7, 11) is 0. The van der Waals surface area contributed by atoms with E-state index in [1.807, 2.05) is 10.8 Å². The molecule has 2 heterocycles. The average Bonchev–Trinajstić information content (AvgIpc) is 2.69. The predicted molar refractivity (Wildman–Crippen MR) is 77.9 cm³/mol. The average molecular weight is 370 g/mol. The minimum absolute atomic E-state index is 0.249. The largest absolute Gasteiger partial charge is 0.327 e. The number of halogens is 3. The van der Waals surface area contributed by atoms with Gasteiger partial charge in [0.1, 0.15) is 17.3 Å². The molecule has 19 heavy (non-hydrogen) atoms. The quantitative estimate of drug-likeness (QED) is 0.625. The van der Waals surface area contributed by atoms with Crippen molar-refractivity contribution in [2.24, 2.45) is 0 Å². The van der Waals surface area contributed by atoms with Crippen LogP contribution in [0.2, 0.25) is 0 Å². The van der Waals surface area contributed by atoms with Gasteiger partial charge in [-0.05, 0) is 34.7 Å². The van der Waals surface area contributed by atoms with Crippen LogP contribution in [-0.2, 0) is 6.54 Å². The summed E-state index contributed by atoms with van der Waals surface area (Å²) >= 11 is 2.13. The van der Waals surface area contributed by atoms with E-state index in [9.17, 15) is 8.78 Å². The maximum absolute atomic E-state index is 13.7. The molecule has 2 aromatic heterocycles. The maximum atomic E-state index is 13.7. The van der Waals surface area contributed by atoms with Crippen LogP contribution in [-0.4, -0.2) is 9.55 Å². The number of pyridine rings is 1. The summed E-state index contributed by atoms with van der Waals surface area (Å²) in [5.41, 5.74) is 1.25. The monoisotopic (exact) mass is 370 g/mol. The minimum Gasteiger partial charge on any atom is -0.327 e. The first-order chi connectivity index (χ1) is 9.15. The summed E-state index contributed by atoms with van der Waals surface area (Å²) in [6.45, 7) is 0.380. The van der Waals surface area contributed by atoms with Gasteiger partial charge in [0.2, 0.25) is 0 Å². The fraction of sp³-hybridized carbons (Fsp3) is 0.0714. The van der Waals surface area contributed by atoms with Crippen LogP contribution in [0.4, 0.5) is 8.78 Å². The molecule has 3 aromatic rings. The smallest absolute Gasteiger partial charge is 0.142 e. The third-order valence-electron chi connectivity index (χ3n) is 2.93. The Kier molecular flexibility index (Phi) is 3.22. The molecule has 0 aliphatic rings. The van der Waals surface area contributed by atoms with E-state index in [0.717, 1.165) is 8.96 Å². The Hall–Kier alpha value is -1.50. The lowest BCUT2D eigenvalue weighted by Crippen LogP contribution is -2.01. The Balaban J connectivity index is 2.09. The van der Waals surface area contributed by atoms with Crippen molar-refractivity contribution in [1.82, 2.24) is 9.55 Å². The van der Waals surface area contributed by atoms with Crippen molar-refractivity contribution in [1.29, 1.82) is 0 Å². The number of rotatable bonds is 2. The Morgan fingerprint density at radius 3 is 2.79 bits per heavy atom. The van der Waals surface area contributed by atoms with Crippen molar-refractivity contribution in [3.63, 3.8) is 0 Å². The summed E-state index contributed by atoms with van der Waals surface area (Å²) in [6, 6.07) is 8.06. The summed E-state index contributed by atoms with van der Waals surface area (Å²) in [6.07, 6.45) is 3.03. The van der Waals surface area contributed by atoms with Gasteiger partial charge in [-0.25, -0.2) is 13.8 Å². The van der Waals surface area contributed by atoms with Crippen LogP contribution in [0.15, 0.2) is 42.7 Å². The molecule has 0 unspecified atom stereocenters. The van der Waals surface area contributed by atoms with E-state index in [1.54, 1.807) is 18.2 Å². The molecule has 0 atom stereocenters. The molecule has 0 saturated carbocycles. The Labute approximate surface area is 122 Å². The lowest BCUT2D eigenvalue weighted by molar-refractivity contribution is 0.601. The van der Waals surface area contributed by atoms with Gasteiger partial charge in [0, 0.05) is 20.7 Å². The third kappa shape index (κ3) is 2.34. The first kappa shape index (κ1) is 12.5.